The van der Waals surface area contributed by atoms with E-state index in [0.29, 0.717) is 5.69 Å². The lowest BCUT2D eigenvalue weighted by Crippen LogP contribution is -2.38. The average Bonchev–Trinajstić information content (AvgIpc) is 2.18. The molecule has 0 saturated carbocycles. The van der Waals surface area contributed by atoms with Crippen LogP contribution in [0.25, 0.3) is 0 Å². The molecule has 0 aromatic heterocycles. The van der Waals surface area contributed by atoms with Gasteiger partial charge in [-0.15, -0.1) is 4.53 Å². The molecule has 1 aromatic carbocycles. The van der Waals surface area contributed by atoms with E-state index in [9.17, 15) is 10.1 Å². The Morgan fingerprint density at radius 2 is 2.00 bits per heavy atom. The molecule has 0 amide bonds. The lowest BCUT2D eigenvalue weighted by atomic mass is 10.1. The number of hydrazine groups is 1. The molecule has 6 heteroatoms. The summed E-state index contributed by atoms with van der Waals surface area (Å²) in [6.07, 6.45) is 0. The van der Waals surface area contributed by atoms with Crippen LogP contribution in [0.15, 0.2) is 18.2 Å². The molecular formula is C11H16ClN3O2. The van der Waals surface area contributed by atoms with Crippen molar-refractivity contribution in [1.29, 1.82) is 0 Å². The number of nitrogens with zero attached hydrogens (tertiary/aromatic N) is 2. The van der Waals surface area contributed by atoms with Crippen molar-refractivity contribution >= 4 is 23.2 Å². The second-order valence-electron chi connectivity index (χ2n) is 4.84. The van der Waals surface area contributed by atoms with E-state index < -0.39 is 4.92 Å². The van der Waals surface area contributed by atoms with Gasteiger partial charge in [-0.3, -0.25) is 15.5 Å². The molecule has 0 unspecified atom stereocenters. The minimum atomic E-state index is -0.428. The normalized spacial score (nSPS) is 11.6. The number of nitro benzene ring substituents is 1. The first-order valence-electron chi connectivity index (χ1n) is 5.19. The number of hydrogen-bond acceptors (Lipinski definition) is 4. The molecule has 0 aliphatic rings. The molecule has 0 radical (unpaired) electrons. The number of anilines is 1. The fourth-order valence-corrected chi connectivity index (χ4v) is 1.25. The molecule has 0 aliphatic heterocycles. The molecule has 0 spiro atoms. The van der Waals surface area contributed by atoms with E-state index in [0.717, 1.165) is 5.56 Å². The number of nitrogens with one attached hydrogen (secondary N) is 1. The van der Waals surface area contributed by atoms with Crippen LogP contribution in [0.5, 0.6) is 0 Å². The molecule has 0 heterocycles. The van der Waals surface area contributed by atoms with Crippen molar-refractivity contribution in [2.45, 2.75) is 33.2 Å². The number of benzene rings is 1. The van der Waals surface area contributed by atoms with Crippen molar-refractivity contribution in [3.63, 3.8) is 0 Å². The second kappa shape index (κ2) is 4.89. The molecule has 0 atom stereocenters. The monoisotopic (exact) mass is 257 g/mol. The summed E-state index contributed by atoms with van der Waals surface area (Å²) in [6, 6.07) is 4.95. The van der Waals surface area contributed by atoms with Crippen molar-refractivity contribution in [1.82, 2.24) is 4.53 Å². The fourth-order valence-electron chi connectivity index (χ4n) is 1.16. The van der Waals surface area contributed by atoms with Gasteiger partial charge < -0.3 is 0 Å². The van der Waals surface area contributed by atoms with Crippen molar-refractivity contribution in [3.8, 4) is 0 Å². The molecule has 5 nitrogen and oxygen atoms in total. The van der Waals surface area contributed by atoms with E-state index in [-0.39, 0.29) is 11.2 Å². The molecule has 0 saturated heterocycles. The van der Waals surface area contributed by atoms with Crippen LogP contribution in [-0.2, 0) is 0 Å². The van der Waals surface area contributed by atoms with Crippen LogP contribution in [0.1, 0.15) is 26.3 Å². The fraction of sp³-hybridized carbons (Fsp3) is 0.455. The number of aryl methyl sites for hydroxylation is 1. The molecule has 0 fully saturated rings. The smallest absolute Gasteiger partial charge is 0.293 e. The molecule has 0 aliphatic carbocycles. The van der Waals surface area contributed by atoms with Crippen molar-refractivity contribution in [3.05, 3.63) is 33.9 Å². The van der Waals surface area contributed by atoms with Gasteiger partial charge in [-0.25, -0.2) is 0 Å². The second-order valence-corrected chi connectivity index (χ2v) is 5.18. The molecular weight excluding hydrogens is 242 g/mol. The van der Waals surface area contributed by atoms with Crippen LogP contribution in [0.2, 0.25) is 0 Å². The highest BCUT2D eigenvalue weighted by atomic mass is 35.5. The zero-order valence-electron chi connectivity index (χ0n) is 10.3. The summed E-state index contributed by atoms with van der Waals surface area (Å²) in [5.41, 5.74) is 3.70. The van der Waals surface area contributed by atoms with E-state index in [1.807, 2.05) is 20.8 Å². The van der Waals surface area contributed by atoms with Gasteiger partial charge in [0, 0.05) is 23.4 Å². The maximum absolute atomic E-state index is 10.9. The van der Waals surface area contributed by atoms with E-state index in [4.69, 9.17) is 11.8 Å². The van der Waals surface area contributed by atoms with E-state index >= 15 is 0 Å². The average molecular weight is 258 g/mol. The highest BCUT2D eigenvalue weighted by Crippen LogP contribution is 2.28. The molecule has 1 aromatic rings. The molecule has 1 rings (SSSR count). The predicted octanol–water partition coefficient (Wildman–Crippen LogP) is 3.48. The highest BCUT2D eigenvalue weighted by molar-refractivity contribution is 6.14. The molecule has 17 heavy (non-hydrogen) atoms. The molecule has 94 valence electrons. The summed E-state index contributed by atoms with van der Waals surface area (Å²) < 4.78 is 1.32. The number of nitro groups is 1. The highest BCUT2D eigenvalue weighted by Gasteiger charge is 2.22. The topological polar surface area (TPSA) is 58.4 Å². The first kappa shape index (κ1) is 13.7. The van der Waals surface area contributed by atoms with Gasteiger partial charge in [0.25, 0.3) is 5.69 Å². The molecule has 1 N–H and O–H groups in total. The Bertz CT molecular complexity index is 429. The van der Waals surface area contributed by atoms with Gasteiger partial charge in [-0.2, -0.15) is 0 Å². The SMILES string of the molecule is Cc1ccc(NN(Cl)C(C)(C)C)c([N+](=O)[O-])c1. The number of rotatable bonds is 3. The van der Waals surface area contributed by atoms with Gasteiger partial charge in [0.15, 0.2) is 0 Å². The van der Waals surface area contributed by atoms with Gasteiger partial charge >= 0.3 is 0 Å². The number of hydrogen-bond donors (Lipinski definition) is 1. The Morgan fingerprint density at radius 3 is 2.47 bits per heavy atom. The van der Waals surface area contributed by atoms with Gasteiger partial charge in [-0.1, -0.05) is 6.07 Å². The standard InChI is InChI=1S/C11H16ClN3O2/c1-8-5-6-9(10(7-8)14(16)17)13-15(12)11(2,3)4/h5-7,13H,1-4H3. The van der Waals surface area contributed by atoms with Crippen LogP contribution < -0.4 is 5.43 Å². The van der Waals surface area contributed by atoms with Gasteiger partial charge in [0.05, 0.1) is 4.92 Å². The third-order valence-corrected chi connectivity index (χ3v) is 2.75. The predicted molar refractivity (Wildman–Crippen MR) is 68.9 cm³/mol. The maximum atomic E-state index is 10.9. The minimum absolute atomic E-state index is 0.0138. The Kier molecular flexibility index (Phi) is 3.95. The van der Waals surface area contributed by atoms with Crippen LogP contribution in [0.4, 0.5) is 11.4 Å². The van der Waals surface area contributed by atoms with E-state index in [1.54, 1.807) is 19.1 Å². The summed E-state index contributed by atoms with van der Waals surface area (Å²) >= 11 is 6.01. The lowest BCUT2D eigenvalue weighted by Gasteiger charge is -2.29. The number of halogens is 1. The van der Waals surface area contributed by atoms with Crippen LogP contribution in [-0.4, -0.2) is 15.0 Å². The largest absolute Gasteiger partial charge is 0.298 e. The summed E-state index contributed by atoms with van der Waals surface area (Å²) in [5.74, 6) is 0. The first-order chi connectivity index (χ1) is 7.71. The quantitative estimate of drug-likeness (QED) is 0.512. The third-order valence-electron chi connectivity index (χ3n) is 2.16. The lowest BCUT2D eigenvalue weighted by molar-refractivity contribution is -0.384. The van der Waals surface area contributed by atoms with Crippen LogP contribution in [0.3, 0.4) is 0 Å². The summed E-state index contributed by atoms with van der Waals surface area (Å²) in [6.45, 7) is 7.49. The zero-order valence-corrected chi connectivity index (χ0v) is 11.1. The van der Waals surface area contributed by atoms with E-state index in [1.165, 1.54) is 10.6 Å². The van der Waals surface area contributed by atoms with Crippen molar-refractivity contribution < 1.29 is 4.92 Å². The third kappa shape index (κ3) is 3.57. The summed E-state index contributed by atoms with van der Waals surface area (Å²) in [7, 11) is 0. The van der Waals surface area contributed by atoms with Crippen LogP contribution in [0, 0.1) is 17.0 Å². The Hall–Kier alpha value is -1.33. The van der Waals surface area contributed by atoms with Crippen molar-refractivity contribution in [2.75, 3.05) is 5.43 Å². The maximum Gasteiger partial charge on any atom is 0.293 e. The van der Waals surface area contributed by atoms with Crippen LogP contribution >= 0.6 is 11.8 Å². The van der Waals surface area contributed by atoms with Gasteiger partial charge in [-0.05, 0) is 39.3 Å². The molecule has 0 bridgehead atoms. The first-order valence-corrected chi connectivity index (χ1v) is 5.53. The Balaban J connectivity index is 3.03. The zero-order chi connectivity index (χ0) is 13.2. The van der Waals surface area contributed by atoms with E-state index in [2.05, 4.69) is 5.43 Å². The van der Waals surface area contributed by atoms with Gasteiger partial charge in [0.2, 0.25) is 0 Å². The van der Waals surface area contributed by atoms with Crippen molar-refractivity contribution in [2.24, 2.45) is 0 Å². The Labute approximate surface area is 106 Å². The summed E-state index contributed by atoms with van der Waals surface area (Å²) in [4.78, 5) is 10.5. The van der Waals surface area contributed by atoms with Gasteiger partial charge in [0.1, 0.15) is 5.69 Å². The minimum Gasteiger partial charge on any atom is -0.298 e. The Morgan fingerprint density at radius 1 is 1.41 bits per heavy atom. The summed E-state index contributed by atoms with van der Waals surface area (Å²) in [5, 5.41) is 10.9.